The summed E-state index contributed by atoms with van der Waals surface area (Å²) in [6, 6.07) is 3.83. The maximum absolute atomic E-state index is 12.5. The van der Waals surface area contributed by atoms with Gasteiger partial charge in [-0.1, -0.05) is 23.2 Å². The van der Waals surface area contributed by atoms with Gasteiger partial charge >= 0.3 is 11.9 Å². The predicted octanol–water partition coefficient (Wildman–Crippen LogP) is 3.13. The van der Waals surface area contributed by atoms with E-state index in [4.69, 9.17) is 43.2 Å². The van der Waals surface area contributed by atoms with Gasteiger partial charge in [0.1, 0.15) is 6.07 Å². The summed E-state index contributed by atoms with van der Waals surface area (Å²) in [4.78, 5) is 25.0. The smallest absolute Gasteiger partial charge is 0.323 e. The Kier molecular flexibility index (Phi) is 7.32. The summed E-state index contributed by atoms with van der Waals surface area (Å²) in [5, 5.41) is 18.1. The molecule has 0 unspecified atom stereocenters. The number of halogens is 2. The van der Waals surface area contributed by atoms with Crippen molar-refractivity contribution in [1.29, 1.82) is 10.5 Å². The Labute approximate surface area is 151 Å². The van der Waals surface area contributed by atoms with E-state index < -0.39 is 21.7 Å². The lowest BCUT2D eigenvalue weighted by molar-refractivity contribution is -0.172. The molecule has 0 aromatic heterocycles. The highest BCUT2D eigenvalue weighted by Crippen LogP contribution is 2.52. The average Bonchev–Trinajstić information content (AvgIpc) is 2.87. The van der Waals surface area contributed by atoms with E-state index in [2.05, 4.69) is 0 Å². The van der Waals surface area contributed by atoms with Crippen molar-refractivity contribution in [2.75, 3.05) is 13.2 Å². The van der Waals surface area contributed by atoms with Crippen LogP contribution in [-0.2, 0) is 19.1 Å². The Morgan fingerprint density at radius 3 is 2.04 bits per heavy atom. The standard InChI is InChI=1S/C16H20Cl2N2O4/c1-3-23-13(21)15(14(22)24-4-2)7-11(5-6-19)12(8-15)9-16(17,18)10-20/h11-12H,3-5,7-9H2,1-2H3/t11-,12-/m1/s1. The highest BCUT2D eigenvalue weighted by molar-refractivity contribution is 6.50. The van der Waals surface area contributed by atoms with E-state index in [1.54, 1.807) is 19.9 Å². The zero-order valence-corrected chi connectivity index (χ0v) is 15.2. The van der Waals surface area contributed by atoms with E-state index in [0.717, 1.165) is 0 Å². The second-order valence-electron chi connectivity index (χ2n) is 5.83. The summed E-state index contributed by atoms with van der Waals surface area (Å²) in [5.41, 5.74) is -1.47. The van der Waals surface area contributed by atoms with Gasteiger partial charge in [0, 0.05) is 6.42 Å². The SMILES string of the molecule is CCOC(=O)C1(C(=O)OCC)C[C@@H](CC#N)[C@@H](CC(Cl)(Cl)C#N)C1. The molecule has 1 aliphatic carbocycles. The van der Waals surface area contributed by atoms with Crippen LogP contribution in [0.2, 0.25) is 0 Å². The molecular formula is C16H20Cl2N2O4. The van der Waals surface area contributed by atoms with E-state index in [1.165, 1.54) is 0 Å². The molecule has 0 amide bonds. The molecular weight excluding hydrogens is 355 g/mol. The minimum atomic E-state index is -1.64. The van der Waals surface area contributed by atoms with Gasteiger partial charge in [0.15, 0.2) is 5.41 Å². The van der Waals surface area contributed by atoms with Gasteiger partial charge in [-0.15, -0.1) is 0 Å². The number of nitriles is 2. The molecule has 0 aromatic rings. The third-order valence-corrected chi connectivity index (χ3v) is 4.73. The largest absolute Gasteiger partial charge is 0.465 e. The van der Waals surface area contributed by atoms with Gasteiger partial charge in [0.25, 0.3) is 0 Å². The van der Waals surface area contributed by atoms with E-state index in [0.29, 0.717) is 0 Å². The van der Waals surface area contributed by atoms with Crippen LogP contribution >= 0.6 is 23.2 Å². The fourth-order valence-corrected chi connectivity index (χ4v) is 3.63. The quantitative estimate of drug-likeness (QED) is 0.385. The van der Waals surface area contributed by atoms with Crippen LogP contribution in [0.5, 0.6) is 0 Å². The van der Waals surface area contributed by atoms with E-state index in [-0.39, 0.29) is 50.7 Å². The van der Waals surface area contributed by atoms with Gasteiger partial charge in [0.2, 0.25) is 4.33 Å². The van der Waals surface area contributed by atoms with Crippen molar-refractivity contribution >= 4 is 35.1 Å². The molecule has 1 rings (SSSR count). The first-order chi connectivity index (χ1) is 11.3. The highest BCUT2D eigenvalue weighted by Gasteiger charge is 2.58. The number of carbonyl (C=O) groups excluding carboxylic acids is 2. The maximum atomic E-state index is 12.5. The van der Waals surface area contributed by atoms with Crippen LogP contribution in [-0.4, -0.2) is 29.5 Å². The molecule has 0 spiro atoms. The van der Waals surface area contributed by atoms with Gasteiger partial charge in [-0.05, 0) is 44.9 Å². The van der Waals surface area contributed by atoms with Crippen LogP contribution < -0.4 is 0 Å². The predicted molar refractivity (Wildman–Crippen MR) is 86.8 cm³/mol. The van der Waals surface area contributed by atoms with Crippen molar-refractivity contribution in [2.24, 2.45) is 17.3 Å². The third-order valence-electron chi connectivity index (χ3n) is 4.26. The van der Waals surface area contributed by atoms with Crippen molar-refractivity contribution < 1.29 is 19.1 Å². The molecule has 132 valence electrons. The van der Waals surface area contributed by atoms with Crippen molar-refractivity contribution in [2.45, 2.75) is 43.9 Å². The Hall–Kier alpha value is -1.50. The molecule has 0 saturated heterocycles. The number of esters is 2. The van der Waals surface area contributed by atoms with Gasteiger partial charge in [0.05, 0.1) is 19.3 Å². The first-order valence-electron chi connectivity index (χ1n) is 7.76. The van der Waals surface area contributed by atoms with E-state index in [9.17, 15) is 9.59 Å². The Balaban J connectivity index is 3.17. The second-order valence-corrected chi connectivity index (χ2v) is 7.32. The van der Waals surface area contributed by atoms with Gasteiger partial charge in [-0.25, -0.2) is 0 Å². The summed E-state index contributed by atoms with van der Waals surface area (Å²) in [7, 11) is 0. The topological polar surface area (TPSA) is 100 Å². The van der Waals surface area contributed by atoms with Crippen LogP contribution in [0.15, 0.2) is 0 Å². The summed E-state index contributed by atoms with van der Waals surface area (Å²) in [5.74, 6) is -1.97. The number of hydrogen-bond donors (Lipinski definition) is 0. The van der Waals surface area contributed by atoms with Gasteiger partial charge in [-0.3, -0.25) is 9.59 Å². The molecule has 0 radical (unpaired) electrons. The van der Waals surface area contributed by atoms with E-state index >= 15 is 0 Å². The Bertz CT molecular complexity index is 547. The summed E-state index contributed by atoms with van der Waals surface area (Å²) < 4.78 is 8.51. The van der Waals surface area contributed by atoms with Gasteiger partial charge in [-0.2, -0.15) is 10.5 Å². The van der Waals surface area contributed by atoms with Crippen LogP contribution in [0.25, 0.3) is 0 Å². The molecule has 24 heavy (non-hydrogen) atoms. The number of carbonyl (C=O) groups is 2. The average molecular weight is 375 g/mol. The fraction of sp³-hybridized carbons (Fsp3) is 0.750. The van der Waals surface area contributed by atoms with Crippen LogP contribution in [0, 0.1) is 39.9 Å². The van der Waals surface area contributed by atoms with Crippen LogP contribution in [0.4, 0.5) is 0 Å². The number of nitrogens with zero attached hydrogens (tertiary/aromatic N) is 2. The maximum Gasteiger partial charge on any atom is 0.323 e. The molecule has 2 atom stereocenters. The molecule has 1 saturated carbocycles. The molecule has 0 N–H and O–H groups in total. The van der Waals surface area contributed by atoms with Crippen LogP contribution in [0.1, 0.15) is 39.5 Å². The highest BCUT2D eigenvalue weighted by atomic mass is 35.5. The fourth-order valence-electron chi connectivity index (χ4n) is 3.24. The number of rotatable bonds is 7. The zero-order chi connectivity index (χ0) is 18.4. The molecule has 0 aromatic carbocycles. The lowest BCUT2D eigenvalue weighted by Crippen LogP contribution is -2.40. The zero-order valence-electron chi connectivity index (χ0n) is 13.7. The number of alkyl halides is 2. The monoisotopic (exact) mass is 374 g/mol. The van der Waals surface area contributed by atoms with Crippen molar-refractivity contribution in [3.8, 4) is 12.1 Å². The molecule has 1 fully saturated rings. The minimum Gasteiger partial charge on any atom is -0.465 e. The van der Waals surface area contributed by atoms with Crippen molar-refractivity contribution in [3.05, 3.63) is 0 Å². The first kappa shape index (κ1) is 20.5. The Morgan fingerprint density at radius 2 is 1.62 bits per heavy atom. The normalized spacial score (nSPS) is 22.2. The van der Waals surface area contributed by atoms with Crippen LogP contribution in [0.3, 0.4) is 0 Å². The van der Waals surface area contributed by atoms with E-state index in [1.807, 2.05) is 6.07 Å². The number of hydrogen-bond acceptors (Lipinski definition) is 6. The Morgan fingerprint density at radius 1 is 1.12 bits per heavy atom. The lowest BCUT2D eigenvalue weighted by Gasteiger charge is -2.25. The second kappa shape index (κ2) is 8.55. The van der Waals surface area contributed by atoms with Gasteiger partial charge < -0.3 is 9.47 Å². The van der Waals surface area contributed by atoms with Crippen molar-refractivity contribution in [1.82, 2.24) is 0 Å². The summed E-state index contributed by atoms with van der Waals surface area (Å²) >= 11 is 11.9. The molecule has 1 aliphatic rings. The first-order valence-corrected chi connectivity index (χ1v) is 8.52. The minimum absolute atomic E-state index is 0.0551. The number of ether oxygens (including phenoxy) is 2. The molecule has 0 heterocycles. The molecule has 8 heteroatoms. The third kappa shape index (κ3) is 4.53. The molecule has 0 aliphatic heterocycles. The molecule has 6 nitrogen and oxygen atoms in total. The van der Waals surface area contributed by atoms with Crippen molar-refractivity contribution in [3.63, 3.8) is 0 Å². The summed E-state index contributed by atoms with van der Waals surface area (Å²) in [6.07, 6.45) is 0.401. The lowest BCUT2D eigenvalue weighted by atomic mass is 9.84. The molecule has 0 bridgehead atoms. The summed E-state index contributed by atoms with van der Waals surface area (Å²) in [6.45, 7) is 3.55.